The molecule has 0 heterocycles. The van der Waals surface area contributed by atoms with Crippen LogP contribution in [0.15, 0.2) is 30.4 Å². The summed E-state index contributed by atoms with van der Waals surface area (Å²) in [5.74, 6) is 0. The van der Waals surface area contributed by atoms with Crippen molar-refractivity contribution in [2.45, 2.75) is 39.0 Å². The molecule has 0 saturated carbocycles. The molecule has 0 radical (unpaired) electrons. The van der Waals surface area contributed by atoms with Gasteiger partial charge >= 0.3 is 0 Å². The zero-order valence-corrected chi connectivity index (χ0v) is 11.2. The number of benzene rings is 1. The fourth-order valence-electron chi connectivity index (χ4n) is 2.83. The summed E-state index contributed by atoms with van der Waals surface area (Å²) in [6, 6.07) is 6.97. The monoisotopic (exact) mass is 229 g/mol. The predicted octanol–water partition coefficient (Wildman–Crippen LogP) is 3.50. The maximum Gasteiger partial charge on any atom is 0.0147 e. The summed E-state index contributed by atoms with van der Waals surface area (Å²) in [6.45, 7) is 8.70. The summed E-state index contributed by atoms with van der Waals surface area (Å²) in [6.07, 6.45) is 7.00. The van der Waals surface area contributed by atoms with Gasteiger partial charge in [-0.05, 0) is 38.8 Å². The van der Waals surface area contributed by atoms with Crippen LogP contribution in [-0.2, 0) is 5.41 Å². The van der Waals surface area contributed by atoms with Gasteiger partial charge in [-0.1, -0.05) is 48.4 Å². The summed E-state index contributed by atoms with van der Waals surface area (Å²) in [5, 5.41) is 3.53. The van der Waals surface area contributed by atoms with E-state index in [-0.39, 0.29) is 0 Å². The van der Waals surface area contributed by atoms with Crippen molar-refractivity contribution in [1.82, 2.24) is 5.32 Å². The van der Waals surface area contributed by atoms with E-state index in [1.54, 1.807) is 0 Å². The molecule has 1 nitrogen and oxygen atoms in total. The molecule has 0 bridgehead atoms. The smallest absolute Gasteiger partial charge is 0.0147 e. The highest BCUT2D eigenvalue weighted by atomic mass is 14.9. The molecule has 0 fully saturated rings. The second-order valence-corrected chi connectivity index (χ2v) is 5.32. The van der Waals surface area contributed by atoms with Crippen molar-refractivity contribution in [2.24, 2.45) is 0 Å². The van der Waals surface area contributed by atoms with E-state index in [1.807, 2.05) is 0 Å². The summed E-state index contributed by atoms with van der Waals surface area (Å²) >= 11 is 0. The van der Waals surface area contributed by atoms with Crippen LogP contribution >= 0.6 is 0 Å². The number of hydrogen-bond acceptors (Lipinski definition) is 1. The first-order valence-corrected chi connectivity index (χ1v) is 6.61. The molecular weight excluding hydrogens is 206 g/mol. The standard InChI is InChI=1S/C16H23N/c1-4-17-12-16(7-5-6-8-16)15-10-13(2)9-14(3)11-15/h5-6,9-11,17H,4,7-8,12H2,1-3H3. The summed E-state index contributed by atoms with van der Waals surface area (Å²) in [7, 11) is 0. The van der Waals surface area contributed by atoms with E-state index in [2.05, 4.69) is 56.4 Å². The van der Waals surface area contributed by atoms with Gasteiger partial charge < -0.3 is 5.32 Å². The van der Waals surface area contributed by atoms with Gasteiger partial charge in [-0.3, -0.25) is 0 Å². The normalized spacial score (nSPS) is 17.6. The molecule has 92 valence electrons. The third kappa shape index (κ3) is 2.61. The SMILES string of the molecule is CCNCC1(c2cc(C)cc(C)c2)CC=CC1. The van der Waals surface area contributed by atoms with Crippen LogP contribution in [0.5, 0.6) is 0 Å². The highest BCUT2D eigenvalue weighted by Gasteiger charge is 2.32. The van der Waals surface area contributed by atoms with Crippen LogP contribution in [0, 0.1) is 13.8 Å². The van der Waals surface area contributed by atoms with Crippen molar-refractivity contribution >= 4 is 0 Å². The van der Waals surface area contributed by atoms with Crippen LogP contribution in [0.1, 0.15) is 36.5 Å². The molecule has 0 aromatic heterocycles. The largest absolute Gasteiger partial charge is 0.316 e. The lowest BCUT2D eigenvalue weighted by molar-refractivity contribution is 0.424. The third-order valence-electron chi connectivity index (χ3n) is 3.73. The molecule has 1 aliphatic carbocycles. The molecule has 0 saturated heterocycles. The number of aryl methyl sites for hydroxylation is 2. The van der Waals surface area contributed by atoms with Gasteiger partial charge in [-0.15, -0.1) is 0 Å². The quantitative estimate of drug-likeness (QED) is 0.779. The van der Waals surface area contributed by atoms with Gasteiger partial charge in [-0.25, -0.2) is 0 Å². The fourth-order valence-corrected chi connectivity index (χ4v) is 2.83. The Morgan fingerprint density at radius 3 is 2.18 bits per heavy atom. The molecule has 0 unspecified atom stereocenters. The maximum absolute atomic E-state index is 3.53. The van der Waals surface area contributed by atoms with E-state index < -0.39 is 0 Å². The molecule has 1 aromatic carbocycles. The van der Waals surface area contributed by atoms with E-state index in [0.717, 1.165) is 13.1 Å². The number of rotatable bonds is 4. The Morgan fingerprint density at radius 2 is 1.65 bits per heavy atom. The highest BCUT2D eigenvalue weighted by molar-refractivity contribution is 5.37. The second kappa shape index (κ2) is 5.05. The minimum Gasteiger partial charge on any atom is -0.316 e. The number of nitrogens with one attached hydrogen (secondary N) is 1. The fraction of sp³-hybridized carbons (Fsp3) is 0.500. The molecule has 0 aliphatic heterocycles. The number of hydrogen-bond donors (Lipinski definition) is 1. The van der Waals surface area contributed by atoms with Crippen molar-refractivity contribution in [1.29, 1.82) is 0 Å². The van der Waals surface area contributed by atoms with Crippen LogP contribution in [0.3, 0.4) is 0 Å². The van der Waals surface area contributed by atoms with Gasteiger partial charge in [0.25, 0.3) is 0 Å². The minimum absolute atomic E-state index is 0.298. The first-order chi connectivity index (χ1) is 8.16. The average Bonchev–Trinajstić information content (AvgIpc) is 2.75. The molecule has 1 N–H and O–H groups in total. The molecule has 1 aliphatic rings. The molecule has 0 amide bonds. The second-order valence-electron chi connectivity index (χ2n) is 5.32. The Bertz CT molecular complexity index is 389. The maximum atomic E-state index is 3.53. The van der Waals surface area contributed by atoms with E-state index in [9.17, 15) is 0 Å². The lowest BCUT2D eigenvalue weighted by Gasteiger charge is -2.30. The lowest BCUT2D eigenvalue weighted by Crippen LogP contribution is -2.36. The Hall–Kier alpha value is -1.08. The highest BCUT2D eigenvalue weighted by Crippen LogP contribution is 2.37. The molecule has 17 heavy (non-hydrogen) atoms. The molecule has 2 rings (SSSR count). The van der Waals surface area contributed by atoms with Gasteiger partial charge in [0.1, 0.15) is 0 Å². The number of allylic oxidation sites excluding steroid dienone is 2. The van der Waals surface area contributed by atoms with Crippen LogP contribution in [-0.4, -0.2) is 13.1 Å². The predicted molar refractivity (Wildman–Crippen MR) is 74.5 cm³/mol. The topological polar surface area (TPSA) is 12.0 Å². The van der Waals surface area contributed by atoms with Crippen molar-refractivity contribution in [3.8, 4) is 0 Å². The van der Waals surface area contributed by atoms with Crippen LogP contribution < -0.4 is 5.32 Å². The lowest BCUT2D eigenvalue weighted by atomic mass is 9.77. The molecule has 1 aromatic rings. The third-order valence-corrected chi connectivity index (χ3v) is 3.73. The molecule has 0 spiro atoms. The molecule has 0 atom stereocenters. The van der Waals surface area contributed by atoms with Crippen molar-refractivity contribution in [3.05, 3.63) is 47.0 Å². The van der Waals surface area contributed by atoms with Crippen molar-refractivity contribution < 1.29 is 0 Å². The van der Waals surface area contributed by atoms with Crippen LogP contribution in [0.25, 0.3) is 0 Å². The summed E-state index contributed by atoms with van der Waals surface area (Å²) in [4.78, 5) is 0. The van der Waals surface area contributed by atoms with Gasteiger partial charge in [0, 0.05) is 12.0 Å². The van der Waals surface area contributed by atoms with Gasteiger partial charge in [-0.2, -0.15) is 0 Å². The average molecular weight is 229 g/mol. The summed E-state index contributed by atoms with van der Waals surface area (Å²) in [5.41, 5.74) is 4.55. The van der Waals surface area contributed by atoms with E-state index >= 15 is 0 Å². The molecular formula is C16H23N. The van der Waals surface area contributed by atoms with Crippen molar-refractivity contribution in [2.75, 3.05) is 13.1 Å². The van der Waals surface area contributed by atoms with Crippen LogP contribution in [0.2, 0.25) is 0 Å². The van der Waals surface area contributed by atoms with Gasteiger partial charge in [0.05, 0.1) is 0 Å². The van der Waals surface area contributed by atoms with Crippen LogP contribution in [0.4, 0.5) is 0 Å². The summed E-state index contributed by atoms with van der Waals surface area (Å²) < 4.78 is 0. The number of likely N-dealkylation sites (N-methyl/N-ethyl adjacent to an activating group) is 1. The Balaban J connectivity index is 2.32. The zero-order chi connectivity index (χ0) is 12.3. The van der Waals surface area contributed by atoms with Gasteiger partial charge in [0.15, 0.2) is 0 Å². The van der Waals surface area contributed by atoms with E-state index in [1.165, 1.54) is 29.5 Å². The minimum atomic E-state index is 0.298. The zero-order valence-electron chi connectivity index (χ0n) is 11.2. The van der Waals surface area contributed by atoms with E-state index in [0.29, 0.717) is 5.41 Å². The molecule has 1 heteroatoms. The first-order valence-electron chi connectivity index (χ1n) is 6.61. The van der Waals surface area contributed by atoms with Crippen molar-refractivity contribution in [3.63, 3.8) is 0 Å². The van der Waals surface area contributed by atoms with E-state index in [4.69, 9.17) is 0 Å². The Labute approximate surface area is 105 Å². The Kier molecular flexibility index (Phi) is 3.68. The Morgan fingerprint density at radius 1 is 1.06 bits per heavy atom. The van der Waals surface area contributed by atoms with Gasteiger partial charge in [0.2, 0.25) is 0 Å². The first kappa shape index (κ1) is 12.4.